The van der Waals surface area contributed by atoms with Gasteiger partial charge in [0.2, 0.25) is 5.91 Å². The molecule has 4 nitrogen and oxygen atoms in total. The van der Waals surface area contributed by atoms with Crippen molar-refractivity contribution in [2.75, 3.05) is 19.7 Å². The molecule has 2 aliphatic rings. The van der Waals surface area contributed by atoms with Crippen LogP contribution in [0.3, 0.4) is 0 Å². The van der Waals surface area contributed by atoms with E-state index in [0.717, 1.165) is 32.2 Å². The summed E-state index contributed by atoms with van der Waals surface area (Å²) in [5, 5.41) is 15.5. The Kier molecular flexibility index (Phi) is 4.05. The molecule has 0 radical (unpaired) electrons. The Morgan fingerprint density at radius 2 is 2.29 bits per heavy atom. The van der Waals surface area contributed by atoms with E-state index in [4.69, 9.17) is 0 Å². The maximum atomic E-state index is 12.0. The lowest BCUT2D eigenvalue weighted by atomic mass is 9.90. The number of hydrogen-bond acceptors (Lipinski definition) is 3. The summed E-state index contributed by atoms with van der Waals surface area (Å²) < 4.78 is 0. The van der Waals surface area contributed by atoms with Gasteiger partial charge in [0.15, 0.2) is 0 Å². The molecule has 2 rings (SSSR count). The predicted octanol–water partition coefficient (Wildman–Crippen LogP) is 0.653. The first-order valence-electron chi connectivity index (χ1n) is 6.81. The molecule has 4 heteroatoms. The monoisotopic (exact) mass is 240 g/mol. The van der Waals surface area contributed by atoms with Crippen molar-refractivity contribution in [1.29, 1.82) is 0 Å². The van der Waals surface area contributed by atoms with Gasteiger partial charge in [0.05, 0.1) is 12.6 Å². The van der Waals surface area contributed by atoms with Crippen molar-refractivity contribution in [3.8, 4) is 0 Å². The molecule has 0 spiro atoms. The van der Waals surface area contributed by atoms with Crippen molar-refractivity contribution < 1.29 is 9.90 Å². The Bertz CT molecular complexity index is 277. The van der Waals surface area contributed by atoms with Gasteiger partial charge in [-0.25, -0.2) is 0 Å². The Labute approximate surface area is 103 Å². The van der Waals surface area contributed by atoms with Gasteiger partial charge in [0.1, 0.15) is 0 Å². The van der Waals surface area contributed by atoms with E-state index in [-0.39, 0.29) is 24.0 Å². The number of hydrogen-bond donors (Lipinski definition) is 3. The summed E-state index contributed by atoms with van der Waals surface area (Å²) in [6, 6.07) is -0.0248. The highest BCUT2D eigenvalue weighted by Crippen LogP contribution is 2.44. The van der Waals surface area contributed by atoms with Crippen LogP contribution in [0.1, 0.15) is 39.0 Å². The zero-order valence-corrected chi connectivity index (χ0v) is 10.7. The van der Waals surface area contributed by atoms with Gasteiger partial charge in [-0.2, -0.15) is 0 Å². The van der Waals surface area contributed by atoms with E-state index in [2.05, 4.69) is 17.6 Å². The van der Waals surface area contributed by atoms with E-state index in [0.29, 0.717) is 12.5 Å². The van der Waals surface area contributed by atoms with Gasteiger partial charge in [0.25, 0.3) is 0 Å². The molecule has 1 heterocycles. The zero-order valence-electron chi connectivity index (χ0n) is 10.7. The number of rotatable bonds is 5. The van der Waals surface area contributed by atoms with E-state index >= 15 is 0 Å². The van der Waals surface area contributed by atoms with Gasteiger partial charge in [0, 0.05) is 12.0 Å². The van der Waals surface area contributed by atoms with Crippen LogP contribution in [0.15, 0.2) is 0 Å². The van der Waals surface area contributed by atoms with Crippen LogP contribution >= 0.6 is 0 Å². The topological polar surface area (TPSA) is 61.4 Å². The largest absolute Gasteiger partial charge is 0.396 e. The maximum Gasteiger partial charge on any atom is 0.237 e. The third kappa shape index (κ3) is 3.19. The van der Waals surface area contributed by atoms with Crippen LogP contribution in [0.25, 0.3) is 0 Å². The van der Waals surface area contributed by atoms with Gasteiger partial charge < -0.3 is 15.7 Å². The van der Waals surface area contributed by atoms with Crippen molar-refractivity contribution in [2.45, 2.75) is 45.1 Å². The Morgan fingerprint density at radius 3 is 2.88 bits per heavy atom. The summed E-state index contributed by atoms with van der Waals surface area (Å²) in [6.07, 6.45) is 5.38. The molecule has 0 aromatic carbocycles. The van der Waals surface area contributed by atoms with Crippen molar-refractivity contribution in [3.05, 3.63) is 0 Å². The average molecular weight is 240 g/mol. The molecule has 1 aliphatic heterocycles. The van der Waals surface area contributed by atoms with E-state index < -0.39 is 0 Å². The number of aliphatic hydroxyl groups excluding tert-OH is 1. The third-order valence-electron chi connectivity index (χ3n) is 4.34. The lowest BCUT2D eigenvalue weighted by molar-refractivity contribution is -0.124. The summed E-state index contributed by atoms with van der Waals surface area (Å²) in [7, 11) is 0. The van der Waals surface area contributed by atoms with E-state index in [1.54, 1.807) is 0 Å². The minimum absolute atomic E-state index is 0.00842. The normalized spacial score (nSPS) is 30.9. The maximum absolute atomic E-state index is 12.0. The van der Waals surface area contributed by atoms with Gasteiger partial charge >= 0.3 is 0 Å². The van der Waals surface area contributed by atoms with E-state index in [9.17, 15) is 9.90 Å². The molecule has 0 aromatic heterocycles. The molecular weight excluding hydrogens is 216 g/mol. The summed E-state index contributed by atoms with van der Waals surface area (Å²) >= 11 is 0. The molecule has 1 aliphatic carbocycles. The summed E-state index contributed by atoms with van der Waals surface area (Å²) in [4.78, 5) is 12.0. The fraction of sp³-hybridized carbons (Fsp3) is 0.923. The Balaban J connectivity index is 1.75. The van der Waals surface area contributed by atoms with Crippen LogP contribution in [-0.2, 0) is 4.79 Å². The molecular formula is C13H24N2O2. The minimum atomic E-state index is -0.0248. The smallest absolute Gasteiger partial charge is 0.237 e. The van der Waals surface area contributed by atoms with Gasteiger partial charge in [-0.05, 0) is 38.1 Å². The second-order valence-corrected chi connectivity index (χ2v) is 5.68. The van der Waals surface area contributed by atoms with Gasteiger partial charge in [-0.3, -0.25) is 4.79 Å². The SMILES string of the molecule is CCC1CCNC(C(=O)NCC2(CO)CC2)C1. The number of piperidine rings is 1. The van der Waals surface area contributed by atoms with Crippen LogP contribution in [0.2, 0.25) is 0 Å². The van der Waals surface area contributed by atoms with Gasteiger partial charge in [-0.15, -0.1) is 0 Å². The summed E-state index contributed by atoms with van der Waals surface area (Å²) in [6.45, 7) is 3.97. The van der Waals surface area contributed by atoms with Crippen LogP contribution in [0.4, 0.5) is 0 Å². The van der Waals surface area contributed by atoms with E-state index in [1.807, 2.05) is 0 Å². The highest BCUT2D eigenvalue weighted by atomic mass is 16.3. The second-order valence-electron chi connectivity index (χ2n) is 5.68. The van der Waals surface area contributed by atoms with Gasteiger partial charge in [-0.1, -0.05) is 13.3 Å². The highest BCUT2D eigenvalue weighted by Gasteiger charge is 2.42. The first-order valence-corrected chi connectivity index (χ1v) is 6.81. The predicted molar refractivity (Wildman–Crippen MR) is 66.6 cm³/mol. The lowest BCUT2D eigenvalue weighted by Gasteiger charge is -2.29. The molecule has 0 aromatic rings. The standard InChI is InChI=1S/C13H24N2O2/c1-2-10-3-6-14-11(7-10)12(17)15-8-13(9-16)4-5-13/h10-11,14,16H,2-9H2,1H3,(H,15,17). The molecule has 1 saturated carbocycles. The van der Waals surface area contributed by atoms with Crippen LogP contribution in [-0.4, -0.2) is 36.8 Å². The molecule has 2 fully saturated rings. The van der Waals surface area contributed by atoms with Crippen molar-refractivity contribution in [2.24, 2.45) is 11.3 Å². The quantitative estimate of drug-likeness (QED) is 0.661. The van der Waals surface area contributed by atoms with Crippen molar-refractivity contribution >= 4 is 5.91 Å². The number of carbonyl (C=O) groups excluding carboxylic acids is 1. The number of amides is 1. The van der Waals surface area contributed by atoms with Crippen molar-refractivity contribution in [3.63, 3.8) is 0 Å². The molecule has 3 N–H and O–H groups in total. The minimum Gasteiger partial charge on any atom is -0.396 e. The molecule has 0 bridgehead atoms. The summed E-state index contributed by atoms with van der Waals surface area (Å²) in [5.74, 6) is 0.794. The number of carbonyl (C=O) groups is 1. The first kappa shape index (κ1) is 12.8. The summed E-state index contributed by atoms with van der Waals surface area (Å²) in [5.41, 5.74) is 0.00842. The Morgan fingerprint density at radius 1 is 1.53 bits per heavy atom. The van der Waals surface area contributed by atoms with Crippen LogP contribution < -0.4 is 10.6 Å². The fourth-order valence-corrected chi connectivity index (χ4v) is 2.53. The third-order valence-corrected chi connectivity index (χ3v) is 4.34. The lowest BCUT2D eigenvalue weighted by Crippen LogP contribution is -2.49. The zero-order chi connectivity index (χ0) is 12.3. The van der Waals surface area contributed by atoms with E-state index in [1.165, 1.54) is 6.42 Å². The molecule has 1 amide bonds. The van der Waals surface area contributed by atoms with Crippen LogP contribution in [0.5, 0.6) is 0 Å². The van der Waals surface area contributed by atoms with Crippen molar-refractivity contribution in [1.82, 2.24) is 10.6 Å². The first-order chi connectivity index (χ1) is 8.19. The number of nitrogens with one attached hydrogen (secondary N) is 2. The molecule has 2 unspecified atom stereocenters. The average Bonchev–Trinajstić information content (AvgIpc) is 3.17. The molecule has 2 atom stereocenters. The number of aliphatic hydroxyl groups is 1. The molecule has 98 valence electrons. The molecule has 1 saturated heterocycles. The Hall–Kier alpha value is -0.610. The highest BCUT2D eigenvalue weighted by molar-refractivity contribution is 5.81. The van der Waals surface area contributed by atoms with Crippen LogP contribution in [0, 0.1) is 11.3 Å². The fourth-order valence-electron chi connectivity index (χ4n) is 2.53. The second kappa shape index (κ2) is 5.36. The molecule has 17 heavy (non-hydrogen) atoms.